The number of anilines is 2. The Balaban J connectivity index is 2.32. The molecule has 0 atom stereocenters. The van der Waals surface area contributed by atoms with E-state index < -0.39 is 17.1 Å². The van der Waals surface area contributed by atoms with Gasteiger partial charge in [-0.05, 0) is 12.1 Å². The van der Waals surface area contributed by atoms with Gasteiger partial charge in [-0.15, -0.1) is 0 Å². The van der Waals surface area contributed by atoms with Gasteiger partial charge in [-0.2, -0.15) is 0 Å². The minimum atomic E-state index is -1.35. The highest BCUT2D eigenvalue weighted by molar-refractivity contribution is 5.86. The van der Waals surface area contributed by atoms with Crippen LogP contribution in [0.4, 0.5) is 11.6 Å². The van der Waals surface area contributed by atoms with Crippen molar-refractivity contribution in [3.05, 3.63) is 46.4 Å². The molecule has 0 unspecified atom stereocenters. The Morgan fingerprint density at radius 1 is 1.33 bits per heavy atom. The molecule has 0 bridgehead atoms. The Hall–Kier alpha value is -2.83. The van der Waals surface area contributed by atoms with E-state index >= 15 is 0 Å². The third kappa shape index (κ3) is 2.29. The zero-order chi connectivity index (χ0) is 13.1. The van der Waals surface area contributed by atoms with Crippen molar-refractivity contribution in [2.45, 2.75) is 0 Å². The number of carboxylic acids is 1. The summed E-state index contributed by atoms with van der Waals surface area (Å²) < 4.78 is 0. The van der Waals surface area contributed by atoms with Gasteiger partial charge >= 0.3 is 5.97 Å². The summed E-state index contributed by atoms with van der Waals surface area (Å²) >= 11 is 0. The molecule has 0 spiro atoms. The molecule has 0 aliphatic heterocycles. The van der Waals surface area contributed by atoms with Gasteiger partial charge in [0.2, 0.25) is 5.95 Å². The van der Waals surface area contributed by atoms with Crippen LogP contribution in [-0.2, 0) is 0 Å². The van der Waals surface area contributed by atoms with Crippen molar-refractivity contribution in [3.8, 4) is 5.75 Å². The van der Waals surface area contributed by atoms with Crippen LogP contribution in [0.2, 0.25) is 0 Å². The number of benzene rings is 1. The standard InChI is InChI=1S/C11H9N3O4/c15-8-4-2-1-3-7(8)13-11-12-5-6(10(17)18)9(16)14-11/h1-5,15H,(H,17,18)(H2,12,13,14,16). The number of phenolic OH excluding ortho intramolecular Hbond substituents is 1. The van der Waals surface area contributed by atoms with Gasteiger partial charge in [0.1, 0.15) is 11.3 Å². The lowest BCUT2D eigenvalue weighted by atomic mass is 10.3. The molecule has 0 aliphatic rings. The third-order valence-corrected chi connectivity index (χ3v) is 2.19. The lowest BCUT2D eigenvalue weighted by Crippen LogP contribution is -2.19. The number of rotatable bonds is 3. The number of aromatic amines is 1. The number of carboxylic acid groups (broad SMARTS) is 1. The number of aromatic carboxylic acids is 1. The van der Waals surface area contributed by atoms with Crippen molar-refractivity contribution in [3.63, 3.8) is 0 Å². The predicted molar refractivity (Wildman–Crippen MR) is 63.2 cm³/mol. The summed E-state index contributed by atoms with van der Waals surface area (Å²) in [4.78, 5) is 28.0. The summed E-state index contributed by atoms with van der Waals surface area (Å²) in [6, 6.07) is 6.38. The van der Waals surface area contributed by atoms with Gasteiger partial charge in [0.15, 0.2) is 0 Å². The molecule has 1 aromatic heterocycles. The van der Waals surface area contributed by atoms with Crippen molar-refractivity contribution < 1.29 is 15.0 Å². The van der Waals surface area contributed by atoms with E-state index in [9.17, 15) is 14.7 Å². The van der Waals surface area contributed by atoms with Gasteiger partial charge in [0.25, 0.3) is 5.56 Å². The highest BCUT2D eigenvalue weighted by Crippen LogP contribution is 2.23. The quantitative estimate of drug-likeness (QED) is 0.599. The zero-order valence-corrected chi connectivity index (χ0v) is 9.04. The van der Waals surface area contributed by atoms with Crippen molar-refractivity contribution in [1.82, 2.24) is 9.97 Å². The van der Waals surface area contributed by atoms with Crippen molar-refractivity contribution >= 4 is 17.6 Å². The van der Waals surface area contributed by atoms with Gasteiger partial charge in [0, 0.05) is 0 Å². The molecule has 7 heteroatoms. The molecule has 2 aromatic rings. The second-order valence-electron chi connectivity index (χ2n) is 3.42. The second kappa shape index (κ2) is 4.58. The van der Waals surface area contributed by atoms with Crippen LogP contribution in [-0.4, -0.2) is 26.2 Å². The number of hydrogen-bond donors (Lipinski definition) is 4. The van der Waals surface area contributed by atoms with Crippen LogP contribution in [0.1, 0.15) is 10.4 Å². The van der Waals surface area contributed by atoms with E-state index in [1.165, 1.54) is 6.07 Å². The average Bonchev–Trinajstić information content (AvgIpc) is 2.32. The monoisotopic (exact) mass is 247 g/mol. The SMILES string of the molecule is O=C(O)c1cnc(Nc2ccccc2O)[nH]c1=O. The fourth-order valence-electron chi connectivity index (χ4n) is 1.32. The lowest BCUT2D eigenvalue weighted by molar-refractivity contribution is 0.0694. The molecule has 0 saturated carbocycles. The van der Waals surface area contributed by atoms with Gasteiger partial charge in [0.05, 0.1) is 11.9 Å². The minimum Gasteiger partial charge on any atom is -0.506 e. The van der Waals surface area contributed by atoms with Gasteiger partial charge in [-0.3, -0.25) is 9.78 Å². The second-order valence-corrected chi connectivity index (χ2v) is 3.42. The number of phenols is 1. The molecule has 1 heterocycles. The number of nitrogens with one attached hydrogen (secondary N) is 2. The molecule has 7 nitrogen and oxygen atoms in total. The van der Waals surface area contributed by atoms with E-state index in [-0.39, 0.29) is 11.7 Å². The summed E-state index contributed by atoms with van der Waals surface area (Å²) in [7, 11) is 0. The maximum absolute atomic E-state index is 11.4. The summed E-state index contributed by atoms with van der Waals surface area (Å²) in [6.45, 7) is 0. The van der Waals surface area contributed by atoms with Crippen LogP contribution in [0.5, 0.6) is 5.75 Å². The molecule has 2 rings (SSSR count). The number of carbonyl (C=O) groups is 1. The Bertz CT molecular complexity index is 651. The number of hydrogen-bond acceptors (Lipinski definition) is 5. The van der Waals surface area contributed by atoms with Crippen LogP contribution in [0.25, 0.3) is 0 Å². The Morgan fingerprint density at radius 3 is 2.67 bits per heavy atom. The summed E-state index contributed by atoms with van der Waals surface area (Å²) in [5.41, 5.74) is -0.864. The Kier molecular flexibility index (Phi) is 2.96. The Labute approximate surface area is 101 Å². The van der Waals surface area contributed by atoms with E-state index in [1.807, 2.05) is 0 Å². The van der Waals surface area contributed by atoms with E-state index in [4.69, 9.17) is 5.11 Å². The fourth-order valence-corrected chi connectivity index (χ4v) is 1.32. The molecule has 92 valence electrons. The van der Waals surface area contributed by atoms with Crippen LogP contribution < -0.4 is 10.9 Å². The smallest absolute Gasteiger partial charge is 0.342 e. The molecular formula is C11H9N3O4. The van der Waals surface area contributed by atoms with E-state index in [1.54, 1.807) is 18.2 Å². The molecule has 0 amide bonds. The topological polar surface area (TPSA) is 115 Å². The molecule has 0 aliphatic carbocycles. The summed E-state index contributed by atoms with van der Waals surface area (Å²) in [6.07, 6.45) is 0.948. The maximum Gasteiger partial charge on any atom is 0.342 e. The van der Waals surface area contributed by atoms with Crippen LogP contribution in [0.15, 0.2) is 35.3 Å². The first-order valence-electron chi connectivity index (χ1n) is 4.95. The van der Waals surface area contributed by atoms with E-state index in [2.05, 4.69) is 15.3 Å². The van der Waals surface area contributed by atoms with E-state index in [0.717, 1.165) is 6.20 Å². The molecule has 0 saturated heterocycles. The minimum absolute atomic E-state index is 0.0116. The van der Waals surface area contributed by atoms with Crippen molar-refractivity contribution in [2.24, 2.45) is 0 Å². The van der Waals surface area contributed by atoms with Crippen LogP contribution in [0, 0.1) is 0 Å². The first-order valence-corrected chi connectivity index (χ1v) is 4.95. The number of aromatic nitrogens is 2. The summed E-state index contributed by atoms with van der Waals surface area (Å²) in [5.74, 6) is -1.31. The van der Waals surface area contributed by atoms with Crippen LogP contribution >= 0.6 is 0 Å². The lowest BCUT2D eigenvalue weighted by Gasteiger charge is -2.06. The van der Waals surface area contributed by atoms with Crippen LogP contribution in [0.3, 0.4) is 0 Å². The molecule has 1 aromatic carbocycles. The molecule has 0 radical (unpaired) electrons. The molecule has 18 heavy (non-hydrogen) atoms. The molecule has 0 fully saturated rings. The number of H-pyrrole nitrogens is 1. The number of aromatic hydroxyl groups is 1. The number of nitrogens with zero attached hydrogens (tertiary/aromatic N) is 1. The fraction of sp³-hybridized carbons (Fsp3) is 0. The largest absolute Gasteiger partial charge is 0.506 e. The summed E-state index contributed by atoms with van der Waals surface area (Å²) in [5, 5.41) is 20.8. The Morgan fingerprint density at radius 2 is 2.06 bits per heavy atom. The number of para-hydroxylation sites is 2. The normalized spacial score (nSPS) is 10.0. The van der Waals surface area contributed by atoms with Gasteiger partial charge < -0.3 is 15.5 Å². The zero-order valence-electron chi connectivity index (χ0n) is 9.04. The van der Waals surface area contributed by atoms with Crippen molar-refractivity contribution in [2.75, 3.05) is 5.32 Å². The van der Waals surface area contributed by atoms with Gasteiger partial charge in [-0.1, -0.05) is 12.1 Å². The maximum atomic E-state index is 11.4. The average molecular weight is 247 g/mol. The molecular weight excluding hydrogens is 238 g/mol. The highest BCUT2D eigenvalue weighted by Gasteiger charge is 2.10. The molecule has 4 N–H and O–H groups in total. The van der Waals surface area contributed by atoms with Crippen molar-refractivity contribution in [1.29, 1.82) is 0 Å². The first kappa shape index (κ1) is 11.6. The first-order chi connectivity index (χ1) is 8.58. The highest BCUT2D eigenvalue weighted by atomic mass is 16.4. The van der Waals surface area contributed by atoms with E-state index in [0.29, 0.717) is 5.69 Å². The third-order valence-electron chi connectivity index (χ3n) is 2.19. The van der Waals surface area contributed by atoms with Gasteiger partial charge in [-0.25, -0.2) is 9.78 Å². The predicted octanol–water partition coefficient (Wildman–Crippen LogP) is 0.917.